The molecule has 1 aromatic heterocycles. The second-order valence-corrected chi connectivity index (χ2v) is 17.0. The van der Waals surface area contributed by atoms with E-state index in [2.05, 4.69) is 42.6 Å². The number of carbonyl (C=O) groups excluding carboxylic acids is 5. The fourth-order valence-electron chi connectivity index (χ4n) is 9.51. The van der Waals surface area contributed by atoms with E-state index in [4.69, 9.17) is 20.2 Å². The molecule has 63 heavy (non-hydrogen) atoms. The molecule has 0 radical (unpaired) electrons. The Hall–Kier alpha value is -6.09. The van der Waals surface area contributed by atoms with Crippen LogP contribution in [0.2, 0.25) is 0 Å². The number of carbonyl (C=O) groups is 5. The van der Waals surface area contributed by atoms with Gasteiger partial charge in [0.25, 0.3) is 11.8 Å². The van der Waals surface area contributed by atoms with Crippen LogP contribution < -0.4 is 36.2 Å². The van der Waals surface area contributed by atoms with Gasteiger partial charge in [0.2, 0.25) is 23.7 Å². The Bertz CT molecular complexity index is 2320. The maximum Gasteiger partial charge on any atom is 0.255 e. The number of methoxy groups -OCH3 is 1. The third kappa shape index (κ3) is 9.34. The third-order valence-electron chi connectivity index (χ3n) is 12.8. The molecule has 1 saturated carbocycles. The smallest absolute Gasteiger partial charge is 0.255 e. The maximum absolute atomic E-state index is 13.4. The highest BCUT2D eigenvalue weighted by Crippen LogP contribution is 2.40. The van der Waals surface area contributed by atoms with Crippen LogP contribution >= 0.6 is 0 Å². The Balaban J connectivity index is 0.788. The molecule has 5 N–H and O–H groups in total. The molecule has 8 rings (SSSR count). The molecule has 3 atom stereocenters. The van der Waals surface area contributed by atoms with Gasteiger partial charge in [-0.1, -0.05) is 37.7 Å². The van der Waals surface area contributed by atoms with Crippen LogP contribution in [-0.4, -0.2) is 127 Å². The zero-order valence-corrected chi connectivity index (χ0v) is 36.2. The van der Waals surface area contributed by atoms with E-state index in [1.807, 2.05) is 13.0 Å². The highest BCUT2D eigenvalue weighted by atomic mass is 16.5. The molecular formula is C46H56N10O7. The van der Waals surface area contributed by atoms with Crippen LogP contribution in [0, 0.1) is 11.8 Å². The average molecular weight is 861 g/mol. The van der Waals surface area contributed by atoms with E-state index >= 15 is 0 Å². The molecule has 332 valence electrons. The molecule has 3 aromatic rings. The van der Waals surface area contributed by atoms with E-state index in [-0.39, 0.29) is 67.4 Å². The largest absolute Gasteiger partial charge is 0.495 e. The van der Waals surface area contributed by atoms with Crippen molar-refractivity contribution >= 4 is 52.7 Å². The lowest BCUT2D eigenvalue weighted by Crippen LogP contribution is -2.55. The summed E-state index contributed by atoms with van der Waals surface area (Å²) < 4.78 is 11.5. The number of piperidine rings is 2. The topological polar surface area (TPSA) is 205 Å². The molecule has 2 saturated heterocycles. The van der Waals surface area contributed by atoms with Crippen molar-refractivity contribution in [2.24, 2.45) is 5.73 Å². The monoisotopic (exact) mass is 860 g/mol. The van der Waals surface area contributed by atoms with Crippen molar-refractivity contribution in [2.45, 2.75) is 101 Å². The number of nitrogens with two attached hydrogens (primary N) is 1. The minimum atomic E-state index is -0.681. The predicted molar refractivity (Wildman–Crippen MR) is 236 cm³/mol. The number of nitrogens with zero attached hydrogens (tertiary/aromatic N) is 6. The lowest BCUT2D eigenvalue weighted by atomic mass is 10.0. The van der Waals surface area contributed by atoms with E-state index in [0.29, 0.717) is 65.8 Å². The average Bonchev–Trinajstić information content (AvgIpc) is 3.94. The van der Waals surface area contributed by atoms with Crippen molar-refractivity contribution in [1.82, 2.24) is 30.4 Å². The van der Waals surface area contributed by atoms with Gasteiger partial charge in [0.05, 0.1) is 25.6 Å². The van der Waals surface area contributed by atoms with Crippen molar-refractivity contribution in [3.63, 3.8) is 0 Å². The number of benzene rings is 2. The normalized spacial score (nSPS) is 21.1. The Labute approximate surface area is 367 Å². The number of imide groups is 1. The van der Waals surface area contributed by atoms with Gasteiger partial charge in [0.15, 0.2) is 5.82 Å². The fraction of sp³-hybridized carbons (Fsp3) is 0.500. The molecule has 4 aliphatic heterocycles. The number of aromatic nitrogens is 2. The molecule has 17 nitrogen and oxygen atoms in total. The Morgan fingerprint density at radius 1 is 1.06 bits per heavy atom. The van der Waals surface area contributed by atoms with Gasteiger partial charge in [-0.05, 0) is 74.4 Å². The van der Waals surface area contributed by atoms with Crippen LogP contribution in [0.5, 0.6) is 5.75 Å². The molecule has 2 aromatic carbocycles. The lowest BCUT2D eigenvalue weighted by molar-refractivity contribution is -0.137. The molecular weight excluding hydrogens is 805 g/mol. The summed E-state index contributed by atoms with van der Waals surface area (Å²) in [6.45, 7) is 4.98. The van der Waals surface area contributed by atoms with Crippen molar-refractivity contribution in [2.75, 3.05) is 62.1 Å². The number of hydrogen-bond acceptors (Lipinski definition) is 13. The number of anilines is 4. The highest BCUT2D eigenvalue weighted by Gasteiger charge is 2.42. The summed E-state index contributed by atoms with van der Waals surface area (Å²) in [4.78, 5) is 81.0. The number of likely N-dealkylation sites (N-methyl/N-ethyl adjacent to an activating group) is 1. The van der Waals surface area contributed by atoms with Crippen LogP contribution in [0.25, 0.3) is 0 Å². The van der Waals surface area contributed by atoms with Gasteiger partial charge in [-0.2, -0.15) is 4.98 Å². The van der Waals surface area contributed by atoms with E-state index < -0.39 is 11.9 Å². The van der Waals surface area contributed by atoms with Gasteiger partial charge in [0.1, 0.15) is 30.1 Å². The maximum atomic E-state index is 13.4. The second kappa shape index (κ2) is 19.1. The number of likely N-dealkylation sites (tertiary alicyclic amines) is 1. The Morgan fingerprint density at radius 3 is 2.60 bits per heavy atom. The van der Waals surface area contributed by atoms with E-state index in [0.717, 1.165) is 63.0 Å². The zero-order valence-electron chi connectivity index (χ0n) is 36.2. The number of rotatable bonds is 13. The number of nitrogens with one attached hydrogen (secondary N) is 3. The lowest BCUT2D eigenvalue weighted by Gasteiger charge is -2.43. The van der Waals surface area contributed by atoms with Gasteiger partial charge in [-0.25, -0.2) is 4.98 Å². The summed E-state index contributed by atoms with van der Waals surface area (Å²) in [5.41, 5.74) is 10.2. The van der Waals surface area contributed by atoms with Crippen molar-refractivity contribution in [1.29, 1.82) is 0 Å². The van der Waals surface area contributed by atoms with Crippen LogP contribution in [0.4, 0.5) is 23.1 Å². The molecule has 5 heterocycles. The van der Waals surface area contributed by atoms with Gasteiger partial charge in [0, 0.05) is 74.5 Å². The second-order valence-electron chi connectivity index (χ2n) is 17.0. The Morgan fingerprint density at radius 2 is 1.86 bits per heavy atom. The van der Waals surface area contributed by atoms with Gasteiger partial charge in [-0.3, -0.25) is 29.3 Å². The standard InChI is InChI=1S/C46H56N10O7/c1-4-36-45(61)53(2)38-24-48-46(52-41(38)56(36)32-11-5-6-12-32)50-35-15-14-29(23-39(35)62-3)42(58)49-31-18-20-54(21-19-31)25-30(47)27-63-22-8-10-28-9-7-13-33-34(28)26-55(44(33)60)37-16-17-40(57)51-43(37)59/h7,9,13-15,23-24,30-32,36-37H,4-6,11-12,16-22,25-27,47H2,1-3H3,(H,49,58)(H,48,50,52)(H,51,57,59)/t30-,36+,37?/m0/s1. The zero-order chi connectivity index (χ0) is 44.2. The van der Waals surface area contributed by atoms with Gasteiger partial charge < -0.3 is 45.4 Å². The minimum absolute atomic E-state index is 0.00907. The SMILES string of the molecule is CC[C@@H]1C(=O)N(C)c2cnc(Nc3ccc(C(=O)NC4CCN(C[C@H](N)COCC#Cc5cccc6c5CN(C5CCC(=O)NC5=O)C6=O)CC4)cc3OC)nc2N1C1CCCC1. The Kier molecular flexibility index (Phi) is 13.2. The first kappa shape index (κ1) is 43.6. The van der Waals surface area contributed by atoms with Crippen molar-refractivity contribution in [3.05, 3.63) is 64.8 Å². The quantitative estimate of drug-likeness (QED) is 0.111. The molecule has 0 bridgehead atoms. The highest BCUT2D eigenvalue weighted by molar-refractivity contribution is 6.06. The molecule has 0 spiro atoms. The predicted octanol–water partition coefficient (Wildman–Crippen LogP) is 3.08. The third-order valence-corrected chi connectivity index (χ3v) is 12.8. The van der Waals surface area contributed by atoms with E-state index in [1.165, 1.54) is 4.90 Å². The first-order valence-corrected chi connectivity index (χ1v) is 22.0. The summed E-state index contributed by atoms with van der Waals surface area (Å²) >= 11 is 0. The van der Waals surface area contributed by atoms with Crippen LogP contribution in [0.15, 0.2) is 42.6 Å². The van der Waals surface area contributed by atoms with Crippen LogP contribution in [0.3, 0.4) is 0 Å². The number of ether oxygens (including phenoxy) is 2. The van der Waals surface area contributed by atoms with Gasteiger partial charge in [-0.15, -0.1) is 0 Å². The number of fused-ring (bicyclic) bond motifs is 2. The van der Waals surface area contributed by atoms with Crippen LogP contribution in [0.1, 0.15) is 96.6 Å². The molecule has 1 aliphatic carbocycles. The van der Waals surface area contributed by atoms with Crippen LogP contribution in [-0.2, 0) is 25.7 Å². The van der Waals surface area contributed by atoms with Crippen molar-refractivity contribution in [3.8, 4) is 17.6 Å². The summed E-state index contributed by atoms with van der Waals surface area (Å²) in [5.74, 6) is 6.64. The van der Waals surface area contributed by atoms with Crippen molar-refractivity contribution < 1.29 is 33.4 Å². The number of amides is 5. The summed E-state index contributed by atoms with van der Waals surface area (Å²) in [7, 11) is 3.34. The first-order chi connectivity index (χ1) is 30.5. The molecule has 5 aliphatic rings. The summed E-state index contributed by atoms with van der Waals surface area (Å²) in [6.07, 6.45) is 8.77. The molecule has 1 unspecified atom stereocenters. The van der Waals surface area contributed by atoms with E-state index in [1.54, 1.807) is 55.6 Å². The molecule has 5 amide bonds. The summed E-state index contributed by atoms with van der Waals surface area (Å²) in [6, 6.07) is 9.71. The number of hydrogen-bond donors (Lipinski definition) is 4. The molecule has 3 fully saturated rings. The van der Waals surface area contributed by atoms with Gasteiger partial charge >= 0.3 is 0 Å². The minimum Gasteiger partial charge on any atom is -0.495 e. The van der Waals surface area contributed by atoms with E-state index in [9.17, 15) is 24.0 Å². The summed E-state index contributed by atoms with van der Waals surface area (Å²) in [5, 5.41) is 8.81. The fourth-order valence-corrected chi connectivity index (χ4v) is 9.51. The first-order valence-electron chi connectivity index (χ1n) is 22.0. The molecule has 17 heteroatoms.